The number of carbonyl (C=O) groups excluding carboxylic acids is 1. The molecule has 1 N–H and O–H groups in total. The van der Waals surface area contributed by atoms with Crippen LogP contribution >= 0.6 is 0 Å². The second-order valence-corrected chi connectivity index (χ2v) is 6.28. The minimum absolute atomic E-state index is 0.0860. The number of Topliss-reactive ketones (excluding diaryl/α,β-unsaturated/α-hetero) is 1. The molecule has 2 nitrogen and oxygen atoms in total. The Hall–Kier alpha value is -3.39. The van der Waals surface area contributed by atoms with E-state index in [-0.39, 0.29) is 12.3 Å². The molecular weight excluding hydrogens is 318 g/mol. The Morgan fingerprint density at radius 1 is 0.654 bits per heavy atom. The Balaban J connectivity index is 1.43. The first-order valence-electron chi connectivity index (χ1n) is 8.71. The monoisotopic (exact) mass is 337 g/mol. The van der Waals surface area contributed by atoms with Crippen molar-refractivity contribution in [3.8, 4) is 11.1 Å². The normalized spacial score (nSPS) is 10.6. The summed E-state index contributed by atoms with van der Waals surface area (Å²) in [6.07, 6.45) is 0. The van der Waals surface area contributed by atoms with Crippen LogP contribution in [0.3, 0.4) is 0 Å². The number of fused-ring (bicyclic) bond motifs is 1. The zero-order chi connectivity index (χ0) is 17.8. The molecule has 0 bridgehead atoms. The SMILES string of the molecule is O=C(CNc1ccc(-c2ccccc2)cc1)c1ccc2ccccc2c1. The Kier molecular flexibility index (Phi) is 4.48. The third kappa shape index (κ3) is 3.50. The van der Waals surface area contributed by atoms with Gasteiger partial charge in [0.25, 0.3) is 0 Å². The Labute approximate surface area is 153 Å². The number of hydrogen-bond donors (Lipinski definition) is 1. The highest BCUT2D eigenvalue weighted by atomic mass is 16.1. The summed E-state index contributed by atoms with van der Waals surface area (Å²) in [6.45, 7) is 0.281. The smallest absolute Gasteiger partial charge is 0.181 e. The van der Waals surface area contributed by atoms with Crippen LogP contribution in [0.4, 0.5) is 5.69 Å². The molecule has 0 spiro atoms. The van der Waals surface area contributed by atoms with Gasteiger partial charge in [-0.15, -0.1) is 0 Å². The van der Waals surface area contributed by atoms with Crippen molar-refractivity contribution in [3.05, 3.63) is 103 Å². The van der Waals surface area contributed by atoms with Crippen molar-refractivity contribution in [2.24, 2.45) is 0 Å². The van der Waals surface area contributed by atoms with Crippen molar-refractivity contribution in [1.29, 1.82) is 0 Å². The van der Waals surface area contributed by atoms with Gasteiger partial charge in [-0.25, -0.2) is 0 Å². The van der Waals surface area contributed by atoms with E-state index in [1.54, 1.807) is 0 Å². The summed E-state index contributed by atoms with van der Waals surface area (Å²) in [5.74, 6) is 0.0860. The van der Waals surface area contributed by atoms with E-state index < -0.39 is 0 Å². The molecule has 0 amide bonds. The molecule has 2 heteroatoms. The number of carbonyl (C=O) groups is 1. The van der Waals surface area contributed by atoms with Crippen molar-refractivity contribution >= 4 is 22.2 Å². The summed E-state index contributed by atoms with van der Waals surface area (Å²) in [5.41, 5.74) is 4.03. The van der Waals surface area contributed by atoms with Crippen molar-refractivity contribution in [2.45, 2.75) is 0 Å². The van der Waals surface area contributed by atoms with Gasteiger partial charge in [0.1, 0.15) is 0 Å². The number of rotatable bonds is 5. The zero-order valence-corrected chi connectivity index (χ0v) is 14.4. The van der Waals surface area contributed by atoms with E-state index in [4.69, 9.17) is 0 Å². The molecule has 0 aliphatic rings. The Morgan fingerprint density at radius 2 is 1.31 bits per heavy atom. The van der Waals surface area contributed by atoms with Gasteiger partial charge in [0, 0.05) is 11.3 Å². The van der Waals surface area contributed by atoms with E-state index in [2.05, 4.69) is 35.6 Å². The molecule has 0 aliphatic heterocycles. The predicted octanol–water partition coefficient (Wildman–Crippen LogP) is 5.80. The lowest BCUT2D eigenvalue weighted by atomic mass is 10.0. The maximum absolute atomic E-state index is 12.5. The molecule has 4 rings (SSSR count). The van der Waals surface area contributed by atoms with Crippen LogP contribution in [0.15, 0.2) is 97.1 Å². The molecule has 0 saturated heterocycles. The highest BCUT2D eigenvalue weighted by Crippen LogP contribution is 2.21. The second kappa shape index (κ2) is 7.24. The average Bonchev–Trinajstić information content (AvgIpc) is 2.72. The lowest BCUT2D eigenvalue weighted by Gasteiger charge is -2.08. The van der Waals surface area contributed by atoms with Gasteiger partial charge < -0.3 is 5.32 Å². The van der Waals surface area contributed by atoms with Gasteiger partial charge in [0.2, 0.25) is 0 Å². The first-order chi connectivity index (χ1) is 12.8. The third-order valence-corrected chi connectivity index (χ3v) is 4.52. The van der Waals surface area contributed by atoms with Crippen molar-refractivity contribution < 1.29 is 4.79 Å². The molecule has 126 valence electrons. The van der Waals surface area contributed by atoms with Gasteiger partial charge in [-0.05, 0) is 40.1 Å². The largest absolute Gasteiger partial charge is 0.378 e. The van der Waals surface area contributed by atoms with Crippen LogP contribution in [-0.2, 0) is 0 Å². The molecule has 0 atom stereocenters. The minimum atomic E-state index is 0.0860. The third-order valence-electron chi connectivity index (χ3n) is 4.52. The van der Waals surface area contributed by atoms with Crippen molar-refractivity contribution in [3.63, 3.8) is 0 Å². The number of benzene rings is 4. The first kappa shape index (κ1) is 16.1. The molecule has 0 saturated carbocycles. The van der Waals surface area contributed by atoms with Crippen LogP contribution in [0, 0.1) is 0 Å². The highest BCUT2D eigenvalue weighted by Gasteiger charge is 2.07. The standard InChI is InChI=1S/C24H19NO/c26-24(22-11-10-19-8-4-5-9-21(19)16-22)17-25-23-14-12-20(13-15-23)18-6-2-1-3-7-18/h1-16,25H,17H2. The van der Waals surface area contributed by atoms with Gasteiger partial charge in [-0.1, -0.05) is 78.9 Å². The van der Waals surface area contributed by atoms with E-state index in [1.165, 1.54) is 5.56 Å². The van der Waals surface area contributed by atoms with Crippen LogP contribution in [-0.4, -0.2) is 12.3 Å². The maximum Gasteiger partial charge on any atom is 0.181 e. The zero-order valence-electron chi connectivity index (χ0n) is 14.4. The van der Waals surface area contributed by atoms with Crippen molar-refractivity contribution in [2.75, 3.05) is 11.9 Å². The van der Waals surface area contributed by atoms with E-state index in [0.717, 1.165) is 27.6 Å². The topological polar surface area (TPSA) is 29.1 Å². The molecule has 0 aromatic heterocycles. The van der Waals surface area contributed by atoms with E-state index >= 15 is 0 Å². The Morgan fingerprint density at radius 3 is 2.08 bits per heavy atom. The van der Waals surface area contributed by atoms with Gasteiger partial charge in [-0.3, -0.25) is 4.79 Å². The summed E-state index contributed by atoms with van der Waals surface area (Å²) in [4.78, 5) is 12.5. The summed E-state index contributed by atoms with van der Waals surface area (Å²) in [5, 5.41) is 5.46. The van der Waals surface area contributed by atoms with Gasteiger partial charge in [-0.2, -0.15) is 0 Å². The fourth-order valence-electron chi connectivity index (χ4n) is 3.06. The first-order valence-corrected chi connectivity index (χ1v) is 8.71. The van der Waals surface area contributed by atoms with Crippen LogP contribution < -0.4 is 5.32 Å². The molecule has 4 aromatic rings. The quantitative estimate of drug-likeness (QED) is 0.466. The van der Waals surface area contributed by atoms with E-state index in [0.29, 0.717) is 0 Å². The van der Waals surface area contributed by atoms with Gasteiger partial charge in [0.05, 0.1) is 6.54 Å². The molecule has 0 unspecified atom stereocenters. The van der Waals surface area contributed by atoms with Crippen molar-refractivity contribution in [1.82, 2.24) is 0 Å². The average molecular weight is 337 g/mol. The predicted molar refractivity (Wildman–Crippen MR) is 109 cm³/mol. The molecule has 0 fully saturated rings. The maximum atomic E-state index is 12.5. The molecule has 0 radical (unpaired) electrons. The molecule has 26 heavy (non-hydrogen) atoms. The van der Waals surface area contributed by atoms with Crippen LogP contribution in [0.1, 0.15) is 10.4 Å². The highest BCUT2D eigenvalue weighted by molar-refractivity contribution is 6.02. The number of nitrogens with one attached hydrogen (secondary N) is 1. The van der Waals surface area contributed by atoms with E-state index in [9.17, 15) is 4.79 Å². The van der Waals surface area contributed by atoms with Gasteiger partial charge >= 0.3 is 0 Å². The molecule has 0 aliphatic carbocycles. The lowest BCUT2D eigenvalue weighted by molar-refractivity contribution is 0.101. The van der Waals surface area contributed by atoms with E-state index in [1.807, 2.05) is 66.7 Å². The molecular formula is C24H19NO. The summed E-state index contributed by atoms with van der Waals surface area (Å²) in [6, 6.07) is 32.3. The fourth-order valence-corrected chi connectivity index (χ4v) is 3.06. The fraction of sp³-hybridized carbons (Fsp3) is 0.0417. The number of hydrogen-bond acceptors (Lipinski definition) is 2. The summed E-state index contributed by atoms with van der Waals surface area (Å²) < 4.78 is 0. The molecule has 0 heterocycles. The second-order valence-electron chi connectivity index (χ2n) is 6.28. The number of ketones is 1. The summed E-state index contributed by atoms with van der Waals surface area (Å²) >= 11 is 0. The van der Waals surface area contributed by atoms with Crippen LogP contribution in [0.5, 0.6) is 0 Å². The number of anilines is 1. The minimum Gasteiger partial charge on any atom is -0.378 e. The van der Waals surface area contributed by atoms with Crippen LogP contribution in [0.2, 0.25) is 0 Å². The summed E-state index contributed by atoms with van der Waals surface area (Å²) in [7, 11) is 0. The van der Waals surface area contributed by atoms with Gasteiger partial charge in [0.15, 0.2) is 5.78 Å². The lowest BCUT2D eigenvalue weighted by Crippen LogP contribution is -2.13. The van der Waals surface area contributed by atoms with Crippen LogP contribution in [0.25, 0.3) is 21.9 Å². The molecule has 4 aromatic carbocycles. The Bertz CT molecular complexity index is 1040.